The van der Waals surface area contributed by atoms with Crippen LogP contribution in [0.4, 0.5) is 5.69 Å². The monoisotopic (exact) mass is 386 g/mol. The highest BCUT2D eigenvalue weighted by Gasteiger charge is 2.18. The molecule has 0 saturated carbocycles. The van der Waals surface area contributed by atoms with Crippen LogP contribution < -0.4 is 15.4 Å². The third-order valence-electron chi connectivity index (χ3n) is 3.95. The van der Waals surface area contributed by atoms with E-state index in [4.69, 9.17) is 9.88 Å². The summed E-state index contributed by atoms with van der Waals surface area (Å²) in [6.45, 7) is 1.70. The molecule has 0 spiro atoms. The zero-order valence-electron chi connectivity index (χ0n) is 14.7. The van der Waals surface area contributed by atoms with Crippen molar-refractivity contribution in [3.05, 3.63) is 70.1 Å². The van der Waals surface area contributed by atoms with E-state index in [0.717, 1.165) is 4.68 Å². The van der Waals surface area contributed by atoms with E-state index in [1.165, 1.54) is 31.5 Å². The number of primary sulfonamides is 1. The van der Waals surface area contributed by atoms with Gasteiger partial charge >= 0.3 is 0 Å². The summed E-state index contributed by atoms with van der Waals surface area (Å²) in [7, 11) is -2.46. The Balaban J connectivity index is 2.10. The van der Waals surface area contributed by atoms with Crippen molar-refractivity contribution in [3.63, 3.8) is 0 Å². The molecule has 0 fully saturated rings. The highest BCUT2D eigenvalue weighted by molar-refractivity contribution is 7.89. The quantitative estimate of drug-likeness (QED) is 0.651. The van der Waals surface area contributed by atoms with Crippen LogP contribution in [0, 0.1) is 6.92 Å². The number of H-pyrrole nitrogens is 1. The average molecular weight is 386 g/mol. The Morgan fingerprint density at radius 3 is 2.52 bits per heavy atom. The number of nitrogens with one attached hydrogen (secondary N) is 1. The second-order valence-electron chi connectivity index (χ2n) is 5.73. The maximum atomic E-state index is 12.8. The summed E-state index contributed by atoms with van der Waals surface area (Å²) in [6, 6.07) is 13.1. The van der Waals surface area contributed by atoms with E-state index in [0.29, 0.717) is 22.7 Å². The zero-order valence-corrected chi connectivity index (χ0v) is 15.5. The first kappa shape index (κ1) is 18.6. The Bertz CT molecular complexity index is 1180. The first-order valence-corrected chi connectivity index (χ1v) is 9.48. The van der Waals surface area contributed by atoms with Crippen LogP contribution in [0.2, 0.25) is 0 Å². The molecule has 2 aromatic carbocycles. The largest absolute Gasteiger partial charge is 0.494 e. The van der Waals surface area contributed by atoms with Crippen LogP contribution in [0.25, 0.3) is 5.69 Å². The summed E-state index contributed by atoms with van der Waals surface area (Å²) in [4.78, 5) is 17.0. The van der Waals surface area contributed by atoms with Gasteiger partial charge in [-0.1, -0.05) is 24.3 Å². The summed E-state index contributed by atoms with van der Waals surface area (Å²) in [5.41, 5.74) is 1.09. The predicted octanol–water partition coefficient (Wildman–Crippen LogP) is 1.88. The van der Waals surface area contributed by atoms with Crippen LogP contribution in [0.15, 0.2) is 63.2 Å². The minimum atomic E-state index is -4.00. The van der Waals surface area contributed by atoms with Crippen molar-refractivity contribution in [3.8, 4) is 11.4 Å². The van der Waals surface area contributed by atoms with Crippen LogP contribution in [0.3, 0.4) is 0 Å². The van der Waals surface area contributed by atoms with Gasteiger partial charge in [-0.15, -0.1) is 0 Å². The van der Waals surface area contributed by atoms with E-state index in [9.17, 15) is 13.2 Å². The lowest BCUT2D eigenvalue weighted by molar-refractivity contribution is 0.416. The normalized spacial score (nSPS) is 11.8. The maximum absolute atomic E-state index is 12.8. The summed E-state index contributed by atoms with van der Waals surface area (Å²) in [5, 5.41) is 8.13. The molecule has 3 rings (SSSR count). The summed E-state index contributed by atoms with van der Waals surface area (Å²) < 4.78 is 30.0. The second-order valence-corrected chi connectivity index (χ2v) is 7.26. The number of hydrogen-bond donors (Lipinski definition) is 2. The zero-order chi connectivity index (χ0) is 19.6. The van der Waals surface area contributed by atoms with Gasteiger partial charge in [-0.3, -0.25) is 14.9 Å². The van der Waals surface area contributed by atoms with E-state index in [2.05, 4.69) is 10.1 Å². The van der Waals surface area contributed by atoms with Crippen LogP contribution in [0.1, 0.15) is 11.3 Å². The highest BCUT2D eigenvalue weighted by Crippen LogP contribution is 2.26. The predicted molar refractivity (Wildman–Crippen MR) is 103 cm³/mol. The van der Waals surface area contributed by atoms with Gasteiger partial charge in [0.25, 0.3) is 5.56 Å². The Kier molecular flexibility index (Phi) is 4.98. The molecule has 3 N–H and O–H groups in total. The SMILES string of the molecule is COc1ccccc1N=Cc1c(C)[nH]n(-c2ccccc2S(N)(=O)=O)c1=O. The van der Waals surface area contributed by atoms with Gasteiger partial charge in [0.1, 0.15) is 16.3 Å². The Morgan fingerprint density at radius 2 is 1.81 bits per heavy atom. The fraction of sp³-hybridized carbons (Fsp3) is 0.111. The number of nitrogens with two attached hydrogens (primary N) is 1. The van der Waals surface area contributed by atoms with Gasteiger partial charge in [-0.25, -0.2) is 18.2 Å². The van der Waals surface area contributed by atoms with Crippen LogP contribution in [0.5, 0.6) is 5.75 Å². The lowest BCUT2D eigenvalue weighted by Crippen LogP contribution is -2.22. The van der Waals surface area contributed by atoms with Gasteiger partial charge in [0.2, 0.25) is 10.0 Å². The second kappa shape index (κ2) is 7.22. The van der Waals surface area contributed by atoms with Crippen LogP contribution in [-0.4, -0.2) is 31.5 Å². The molecule has 3 aromatic rings. The number of benzene rings is 2. The summed E-state index contributed by atoms with van der Waals surface area (Å²) >= 11 is 0. The van der Waals surface area contributed by atoms with E-state index < -0.39 is 15.6 Å². The van der Waals surface area contributed by atoms with Gasteiger partial charge in [0.05, 0.1) is 18.4 Å². The number of aliphatic imine (C=N–C) groups is 1. The molecule has 0 atom stereocenters. The Morgan fingerprint density at radius 1 is 1.15 bits per heavy atom. The van der Waals surface area contributed by atoms with Crippen molar-refractivity contribution in [2.45, 2.75) is 11.8 Å². The van der Waals surface area contributed by atoms with Gasteiger partial charge in [0.15, 0.2) is 0 Å². The number of methoxy groups -OCH3 is 1. The van der Waals surface area contributed by atoms with Crippen molar-refractivity contribution >= 4 is 21.9 Å². The molecule has 0 unspecified atom stereocenters. The molecule has 27 heavy (non-hydrogen) atoms. The molecule has 140 valence electrons. The number of para-hydroxylation sites is 3. The van der Waals surface area contributed by atoms with Crippen LogP contribution >= 0.6 is 0 Å². The lowest BCUT2D eigenvalue weighted by atomic mass is 10.2. The van der Waals surface area contributed by atoms with Crippen molar-refractivity contribution < 1.29 is 13.2 Å². The topological polar surface area (TPSA) is 120 Å². The first-order valence-electron chi connectivity index (χ1n) is 7.94. The molecule has 0 amide bonds. The molecule has 0 saturated heterocycles. The number of ether oxygens (including phenoxy) is 1. The third-order valence-corrected chi connectivity index (χ3v) is 4.91. The Hall–Kier alpha value is -3.17. The number of aryl methyl sites for hydroxylation is 1. The third kappa shape index (κ3) is 3.69. The molecule has 9 heteroatoms. The molecule has 1 aromatic heterocycles. The number of sulfonamides is 1. The smallest absolute Gasteiger partial charge is 0.280 e. The van der Waals surface area contributed by atoms with Crippen molar-refractivity contribution in [1.29, 1.82) is 0 Å². The first-order chi connectivity index (χ1) is 12.8. The average Bonchev–Trinajstić information content (AvgIpc) is 2.93. The van der Waals surface area contributed by atoms with Gasteiger partial charge in [-0.05, 0) is 31.2 Å². The molecule has 0 bridgehead atoms. The minimum Gasteiger partial charge on any atom is -0.494 e. The van der Waals surface area contributed by atoms with Crippen molar-refractivity contribution in [2.24, 2.45) is 10.1 Å². The molecule has 0 aliphatic heterocycles. The van der Waals surface area contributed by atoms with E-state index in [-0.39, 0.29) is 10.6 Å². The number of hydrogen-bond acceptors (Lipinski definition) is 5. The van der Waals surface area contributed by atoms with Crippen LogP contribution in [-0.2, 0) is 10.0 Å². The fourth-order valence-electron chi connectivity index (χ4n) is 2.63. The van der Waals surface area contributed by atoms with Gasteiger partial charge < -0.3 is 4.74 Å². The minimum absolute atomic E-state index is 0.144. The summed E-state index contributed by atoms with van der Waals surface area (Å²) in [5.74, 6) is 0.571. The number of aromatic amines is 1. The maximum Gasteiger partial charge on any atom is 0.280 e. The van der Waals surface area contributed by atoms with Gasteiger partial charge in [-0.2, -0.15) is 0 Å². The Labute approximate surface area is 156 Å². The number of aromatic nitrogens is 2. The lowest BCUT2D eigenvalue weighted by Gasteiger charge is -2.07. The number of rotatable bonds is 5. The van der Waals surface area contributed by atoms with Crippen molar-refractivity contribution in [2.75, 3.05) is 7.11 Å². The fourth-order valence-corrected chi connectivity index (χ4v) is 3.35. The molecule has 0 radical (unpaired) electrons. The standard InChI is InChI=1S/C18H18N4O4S/c1-12-13(11-20-14-7-3-5-9-16(14)26-2)18(23)22(21-12)15-8-4-6-10-17(15)27(19,24)25/h3-11,21H,1-2H3,(H2,19,24,25). The molecule has 0 aliphatic carbocycles. The number of nitrogens with zero attached hydrogens (tertiary/aromatic N) is 2. The van der Waals surface area contributed by atoms with E-state index >= 15 is 0 Å². The van der Waals surface area contributed by atoms with Crippen molar-refractivity contribution in [1.82, 2.24) is 9.78 Å². The molecule has 1 heterocycles. The summed E-state index contributed by atoms with van der Waals surface area (Å²) in [6.07, 6.45) is 1.42. The molecular formula is C18H18N4O4S. The molecule has 8 nitrogen and oxygen atoms in total. The molecular weight excluding hydrogens is 368 g/mol. The van der Waals surface area contributed by atoms with E-state index in [1.54, 1.807) is 31.2 Å². The van der Waals surface area contributed by atoms with E-state index in [1.807, 2.05) is 6.07 Å². The highest BCUT2D eigenvalue weighted by atomic mass is 32.2. The van der Waals surface area contributed by atoms with Gasteiger partial charge in [0, 0.05) is 11.9 Å². The molecule has 0 aliphatic rings.